The molecule has 1 aliphatic heterocycles. The largest absolute Gasteiger partial charge is 0.335 e. The van der Waals surface area contributed by atoms with E-state index in [2.05, 4.69) is 13.8 Å². The van der Waals surface area contributed by atoms with Crippen molar-refractivity contribution in [2.75, 3.05) is 26.2 Å². The third kappa shape index (κ3) is 4.57. The lowest BCUT2D eigenvalue weighted by atomic mass is 10.2. The molecule has 1 aromatic carbocycles. The minimum atomic E-state index is -0.446. The highest BCUT2D eigenvalue weighted by atomic mass is 35.5. The summed E-state index contributed by atoms with van der Waals surface area (Å²) in [5.74, 6) is -0.614. The second-order valence-corrected chi connectivity index (χ2v) is 7.61. The molecule has 0 unspecified atom stereocenters. The predicted octanol–water partition coefficient (Wildman–Crippen LogP) is 3.00. The Labute approximate surface area is 156 Å². The summed E-state index contributed by atoms with van der Waals surface area (Å²) in [6.07, 6.45) is 2.38. The molecule has 1 heterocycles. The third-order valence-corrected chi connectivity index (χ3v) is 5.77. The molecule has 1 aliphatic rings. The van der Waals surface area contributed by atoms with Crippen molar-refractivity contribution in [2.24, 2.45) is 0 Å². The smallest absolute Gasteiger partial charge is 0.266 e. The van der Waals surface area contributed by atoms with E-state index in [1.807, 2.05) is 0 Å². The van der Waals surface area contributed by atoms with Crippen LogP contribution in [0.3, 0.4) is 0 Å². The van der Waals surface area contributed by atoms with Crippen LogP contribution in [0, 0.1) is 5.82 Å². The van der Waals surface area contributed by atoms with E-state index >= 15 is 0 Å². The van der Waals surface area contributed by atoms with E-state index < -0.39 is 5.82 Å². The van der Waals surface area contributed by atoms with E-state index in [4.69, 9.17) is 23.8 Å². The van der Waals surface area contributed by atoms with Crippen molar-refractivity contribution >= 4 is 51.9 Å². The van der Waals surface area contributed by atoms with Crippen molar-refractivity contribution in [2.45, 2.75) is 20.3 Å². The van der Waals surface area contributed by atoms with Crippen LogP contribution in [0.2, 0.25) is 5.02 Å². The zero-order valence-corrected chi connectivity index (χ0v) is 16.2. The monoisotopic (exact) mass is 387 g/mol. The van der Waals surface area contributed by atoms with Gasteiger partial charge in [0.05, 0.1) is 29.6 Å². The fraction of sp³-hybridized carbons (Fsp3) is 0.412. The number of carbonyl (C=O) groups excluding carboxylic acids is 1. The molecule has 1 N–H and O–H groups in total. The van der Waals surface area contributed by atoms with Crippen LogP contribution in [-0.2, 0) is 4.79 Å². The Morgan fingerprint density at radius 2 is 2.08 bits per heavy atom. The van der Waals surface area contributed by atoms with E-state index in [9.17, 15) is 9.18 Å². The lowest BCUT2D eigenvalue weighted by molar-refractivity contribution is -0.896. The fourth-order valence-corrected chi connectivity index (χ4v) is 4.07. The van der Waals surface area contributed by atoms with E-state index in [1.54, 1.807) is 11.0 Å². The highest BCUT2D eigenvalue weighted by Crippen LogP contribution is 2.34. The number of rotatable bonds is 7. The van der Waals surface area contributed by atoms with Crippen LogP contribution in [-0.4, -0.2) is 41.3 Å². The van der Waals surface area contributed by atoms with Gasteiger partial charge >= 0.3 is 0 Å². The van der Waals surface area contributed by atoms with Crippen LogP contribution in [0.15, 0.2) is 23.1 Å². The molecule has 24 heavy (non-hydrogen) atoms. The Morgan fingerprint density at radius 3 is 2.71 bits per heavy atom. The van der Waals surface area contributed by atoms with Crippen molar-refractivity contribution < 1.29 is 14.1 Å². The molecule has 0 atom stereocenters. The second-order valence-electron chi connectivity index (χ2n) is 5.53. The molecule has 1 fully saturated rings. The topological polar surface area (TPSA) is 24.8 Å². The molecular formula is C17H21ClFN2OS2+. The summed E-state index contributed by atoms with van der Waals surface area (Å²) in [6.45, 7) is 8.04. The quantitative estimate of drug-likeness (QED) is 0.575. The number of thioether (sulfide) groups is 1. The maximum atomic E-state index is 13.9. The number of amides is 1. The van der Waals surface area contributed by atoms with Crippen molar-refractivity contribution in [3.63, 3.8) is 0 Å². The number of hydrogen-bond donors (Lipinski definition) is 1. The van der Waals surface area contributed by atoms with Crippen molar-refractivity contribution in [1.82, 2.24) is 4.90 Å². The Bertz CT molecular complexity index is 642. The van der Waals surface area contributed by atoms with Gasteiger partial charge in [-0.3, -0.25) is 9.69 Å². The predicted molar refractivity (Wildman–Crippen MR) is 103 cm³/mol. The van der Waals surface area contributed by atoms with Gasteiger partial charge in [0.25, 0.3) is 5.91 Å². The molecule has 130 valence electrons. The molecule has 0 aliphatic carbocycles. The van der Waals surface area contributed by atoms with E-state index in [-0.39, 0.29) is 16.5 Å². The molecule has 7 heteroatoms. The maximum Gasteiger partial charge on any atom is 0.266 e. The Morgan fingerprint density at radius 1 is 1.38 bits per heavy atom. The molecule has 1 saturated heterocycles. The summed E-state index contributed by atoms with van der Waals surface area (Å²) < 4.78 is 14.4. The summed E-state index contributed by atoms with van der Waals surface area (Å²) >= 11 is 12.5. The number of carbonyl (C=O) groups is 1. The average molecular weight is 388 g/mol. The Balaban J connectivity index is 2.07. The van der Waals surface area contributed by atoms with Gasteiger partial charge in [-0.05, 0) is 32.1 Å². The van der Waals surface area contributed by atoms with Crippen molar-refractivity contribution in [1.29, 1.82) is 0 Å². The van der Waals surface area contributed by atoms with Gasteiger partial charge in [-0.1, -0.05) is 41.6 Å². The Kier molecular flexibility index (Phi) is 7.22. The first kappa shape index (κ1) is 19.4. The van der Waals surface area contributed by atoms with Crippen LogP contribution in [0.1, 0.15) is 25.8 Å². The first-order valence-corrected chi connectivity index (χ1v) is 9.61. The molecule has 1 aromatic rings. The number of halogens is 2. The summed E-state index contributed by atoms with van der Waals surface area (Å²) in [4.78, 5) is 16.0. The summed E-state index contributed by atoms with van der Waals surface area (Å²) in [6, 6.07) is 4.46. The highest BCUT2D eigenvalue weighted by molar-refractivity contribution is 8.26. The van der Waals surface area contributed by atoms with Gasteiger partial charge in [0.1, 0.15) is 10.1 Å². The number of nitrogens with zero attached hydrogens (tertiary/aromatic N) is 1. The molecule has 0 bridgehead atoms. The highest BCUT2D eigenvalue weighted by Gasteiger charge is 2.32. The van der Waals surface area contributed by atoms with Crippen LogP contribution in [0.5, 0.6) is 0 Å². The molecular weight excluding hydrogens is 367 g/mol. The number of hydrogen-bond acceptors (Lipinski definition) is 3. The van der Waals surface area contributed by atoms with Crippen LogP contribution in [0.25, 0.3) is 6.08 Å². The second kappa shape index (κ2) is 8.94. The van der Waals surface area contributed by atoms with Crippen molar-refractivity contribution in [3.8, 4) is 0 Å². The van der Waals surface area contributed by atoms with Gasteiger partial charge in [0.2, 0.25) is 0 Å². The van der Waals surface area contributed by atoms with E-state index in [0.717, 1.165) is 26.1 Å². The Hall–Kier alpha value is -0.950. The summed E-state index contributed by atoms with van der Waals surface area (Å²) in [5, 5.41) is 0.283. The molecule has 3 nitrogen and oxygen atoms in total. The van der Waals surface area contributed by atoms with E-state index in [0.29, 0.717) is 15.8 Å². The zero-order chi connectivity index (χ0) is 17.7. The molecule has 0 aromatic heterocycles. The van der Waals surface area contributed by atoms with Gasteiger partial charge in [-0.15, -0.1) is 0 Å². The molecule has 0 spiro atoms. The average Bonchev–Trinajstić information content (AvgIpc) is 2.82. The lowest BCUT2D eigenvalue weighted by Gasteiger charge is -2.18. The maximum absolute atomic E-state index is 13.9. The van der Waals surface area contributed by atoms with Gasteiger partial charge in [-0.2, -0.15) is 0 Å². The van der Waals surface area contributed by atoms with Gasteiger partial charge in [0.15, 0.2) is 0 Å². The fourth-order valence-electron chi connectivity index (χ4n) is 2.56. The van der Waals surface area contributed by atoms with Crippen molar-refractivity contribution in [3.05, 3.63) is 39.5 Å². The number of thiocarbonyl (C=S) groups is 1. The van der Waals surface area contributed by atoms with Crippen LogP contribution in [0.4, 0.5) is 4.39 Å². The summed E-state index contributed by atoms with van der Waals surface area (Å²) in [5.41, 5.74) is 0.229. The van der Waals surface area contributed by atoms with Gasteiger partial charge < -0.3 is 4.90 Å². The molecule has 1 amide bonds. The molecule has 0 saturated carbocycles. The normalized spacial score (nSPS) is 16.7. The zero-order valence-electron chi connectivity index (χ0n) is 13.8. The minimum absolute atomic E-state index is 0.168. The first-order chi connectivity index (χ1) is 11.5. The third-order valence-electron chi connectivity index (χ3n) is 4.06. The lowest BCUT2D eigenvalue weighted by Crippen LogP contribution is -3.11. The minimum Gasteiger partial charge on any atom is -0.335 e. The molecule has 2 rings (SSSR count). The van der Waals surface area contributed by atoms with Gasteiger partial charge in [0, 0.05) is 18.5 Å². The van der Waals surface area contributed by atoms with Gasteiger partial charge in [-0.25, -0.2) is 4.39 Å². The van der Waals surface area contributed by atoms with E-state index in [1.165, 1.54) is 34.9 Å². The van der Waals surface area contributed by atoms with Crippen LogP contribution < -0.4 is 4.90 Å². The number of quaternary nitrogens is 1. The SMILES string of the molecule is CC[NH+](CC)CCCN1C(=O)/C(=C/c2c(F)cccc2Cl)SC1=S. The first-order valence-electron chi connectivity index (χ1n) is 8.00. The van der Waals surface area contributed by atoms with Crippen LogP contribution >= 0.6 is 35.6 Å². The number of nitrogens with one attached hydrogen (secondary N) is 1. The summed E-state index contributed by atoms with van der Waals surface area (Å²) in [7, 11) is 0. The molecule has 0 radical (unpaired) electrons. The standard InChI is InChI=1S/C17H20ClFN2OS2/c1-3-20(4-2)9-6-10-21-16(22)15(24-17(21)23)11-12-13(18)7-5-8-14(12)19/h5,7-8,11H,3-4,6,9-10H2,1-2H3/p+1/b15-11-. The number of benzene rings is 1.